The number of hydrogen-bond acceptors (Lipinski definition) is 3. The second-order valence-corrected chi connectivity index (χ2v) is 10.4. The Morgan fingerprint density at radius 2 is 2.00 bits per heavy atom. The maximum absolute atomic E-state index is 12.2. The summed E-state index contributed by atoms with van der Waals surface area (Å²) < 4.78 is 8.50. The summed E-state index contributed by atoms with van der Waals surface area (Å²) in [6.07, 6.45) is 3.55. The Hall–Kier alpha value is -1.92. The van der Waals surface area contributed by atoms with Crippen LogP contribution in [0.4, 0.5) is 0 Å². The average molecular weight is 373 g/mol. The number of hydrogen-bond donors (Lipinski definition) is 1. The maximum Gasteiger partial charge on any atom is 0.377 e. The van der Waals surface area contributed by atoms with Crippen molar-refractivity contribution in [1.82, 2.24) is 4.57 Å². The van der Waals surface area contributed by atoms with Crippen molar-refractivity contribution < 1.29 is 19.1 Å². The van der Waals surface area contributed by atoms with E-state index in [1.807, 2.05) is 12.1 Å². The molecule has 0 bridgehead atoms. The molecule has 0 spiro atoms. The second-order valence-electron chi connectivity index (χ2n) is 8.32. The van der Waals surface area contributed by atoms with E-state index in [1.165, 1.54) is 0 Å². The van der Waals surface area contributed by atoms with Gasteiger partial charge < -0.3 is 14.1 Å². The highest BCUT2D eigenvalue weighted by Crippen LogP contribution is 2.41. The number of carbonyl (C=O) groups is 2. The van der Waals surface area contributed by atoms with Gasteiger partial charge in [0.05, 0.1) is 23.2 Å². The van der Waals surface area contributed by atoms with Crippen molar-refractivity contribution in [2.45, 2.75) is 58.9 Å². The fourth-order valence-electron chi connectivity index (χ4n) is 3.97. The third-order valence-electron chi connectivity index (χ3n) is 5.01. The molecule has 2 heterocycles. The zero-order valence-electron chi connectivity index (χ0n) is 16.0. The number of benzene rings is 1. The smallest absolute Gasteiger partial charge is 0.377 e. The lowest BCUT2D eigenvalue weighted by Gasteiger charge is -2.41. The Labute approximate surface area is 155 Å². The zero-order chi connectivity index (χ0) is 19.2. The normalized spacial score (nSPS) is 18.3. The summed E-state index contributed by atoms with van der Waals surface area (Å²) in [5.74, 6) is -2.27. The number of aryl methyl sites for hydroxylation is 1. The van der Waals surface area contributed by atoms with E-state index in [0.717, 1.165) is 29.3 Å². The molecule has 6 heteroatoms. The van der Waals surface area contributed by atoms with E-state index in [1.54, 1.807) is 6.20 Å². The molecule has 1 N–H and O–H groups in total. The Kier molecular flexibility index (Phi) is 4.83. The SMILES string of the molecule is C[Si](C)OC(C1CCc2cccc3c(C(=O)C(=O)O)cn1c23)C(C)(C)C. The van der Waals surface area contributed by atoms with Gasteiger partial charge in [-0.3, -0.25) is 4.79 Å². The van der Waals surface area contributed by atoms with Crippen molar-refractivity contribution in [3.63, 3.8) is 0 Å². The van der Waals surface area contributed by atoms with Gasteiger partial charge in [-0.1, -0.05) is 39.0 Å². The molecule has 2 atom stereocenters. The fourth-order valence-corrected chi connectivity index (χ4v) is 4.99. The van der Waals surface area contributed by atoms with Crippen molar-refractivity contribution >= 4 is 31.7 Å². The molecular formula is C20H26NO4Si. The minimum Gasteiger partial charge on any atom is -0.475 e. The van der Waals surface area contributed by atoms with Crippen molar-refractivity contribution in [2.24, 2.45) is 5.41 Å². The van der Waals surface area contributed by atoms with Crippen LogP contribution in [0.5, 0.6) is 0 Å². The second kappa shape index (κ2) is 6.67. The summed E-state index contributed by atoms with van der Waals surface area (Å²) in [4.78, 5) is 23.5. The number of para-hydroxylation sites is 1. The Balaban J connectivity index is 2.19. The predicted molar refractivity (Wildman–Crippen MR) is 103 cm³/mol. The first-order valence-corrected chi connectivity index (χ1v) is 11.4. The molecule has 2 unspecified atom stereocenters. The Bertz CT molecular complexity index is 863. The number of nitrogens with zero attached hydrogens (tertiary/aromatic N) is 1. The highest BCUT2D eigenvalue weighted by molar-refractivity contribution is 6.48. The highest BCUT2D eigenvalue weighted by Gasteiger charge is 2.38. The first-order valence-electron chi connectivity index (χ1n) is 8.98. The lowest BCUT2D eigenvalue weighted by molar-refractivity contribution is -0.131. The molecule has 0 fully saturated rings. The van der Waals surface area contributed by atoms with Crippen molar-refractivity contribution in [2.75, 3.05) is 0 Å². The van der Waals surface area contributed by atoms with Gasteiger partial charge in [-0.05, 0) is 36.9 Å². The first kappa shape index (κ1) is 18.9. The lowest BCUT2D eigenvalue weighted by Crippen LogP contribution is -2.41. The van der Waals surface area contributed by atoms with Crippen LogP contribution in [0, 0.1) is 5.41 Å². The molecule has 1 aliphatic heterocycles. The molecule has 1 radical (unpaired) electrons. The van der Waals surface area contributed by atoms with Crippen LogP contribution in [0.15, 0.2) is 24.4 Å². The van der Waals surface area contributed by atoms with Gasteiger partial charge in [-0.2, -0.15) is 0 Å². The van der Waals surface area contributed by atoms with E-state index in [4.69, 9.17) is 4.43 Å². The molecule has 0 saturated heterocycles. The maximum atomic E-state index is 12.2. The van der Waals surface area contributed by atoms with E-state index in [0.29, 0.717) is 0 Å². The molecule has 1 aromatic heterocycles. The minimum absolute atomic E-state index is 0.00289. The van der Waals surface area contributed by atoms with Crippen LogP contribution in [0.1, 0.15) is 49.2 Å². The molecule has 0 aliphatic carbocycles. The molecule has 1 aromatic carbocycles. The van der Waals surface area contributed by atoms with Gasteiger partial charge in [-0.15, -0.1) is 0 Å². The summed E-state index contributed by atoms with van der Waals surface area (Å²) in [7, 11) is -0.906. The fraction of sp³-hybridized carbons (Fsp3) is 0.500. The molecule has 0 amide bonds. The van der Waals surface area contributed by atoms with Crippen LogP contribution in [0.25, 0.3) is 10.9 Å². The molecular weight excluding hydrogens is 346 g/mol. The number of aromatic nitrogens is 1. The zero-order valence-corrected chi connectivity index (χ0v) is 17.0. The minimum atomic E-state index is -1.42. The van der Waals surface area contributed by atoms with E-state index in [2.05, 4.69) is 44.5 Å². The third kappa shape index (κ3) is 3.23. The van der Waals surface area contributed by atoms with Gasteiger partial charge in [0.1, 0.15) is 0 Å². The third-order valence-corrected chi connectivity index (χ3v) is 5.73. The van der Waals surface area contributed by atoms with Crippen LogP contribution in [0.3, 0.4) is 0 Å². The van der Waals surface area contributed by atoms with Gasteiger partial charge in [0.25, 0.3) is 5.78 Å². The number of Topliss-reactive ketones (excluding diaryl/α,β-unsaturated/α-hetero) is 1. The number of rotatable bonds is 5. The number of ketones is 1. The quantitative estimate of drug-likeness (QED) is 0.488. The van der Waals surface area contributed by atoms with Gasteiger partial charge in [0.2, 0.25) is 9.04 Å². The van der Waals surface area contributed by atoms with Crippen LogP contribution >= 0.6 is 0 Å². The summed E-state index contributed by atoms with van der Waals surface area (Å²) in [5.41, 5.74) is 2.35. The molecule has 139 valence electrons. The molecule has 3 rings (SSSR count). The van der Waals surface area contributed by atoms with Crippen molar-refractivity contribution in [3.8, 4) is 0 Å². The van der Waals surface area contributed by atoms with E-state index < -0.39 is 20.8 Å². The monoisotopic (exact) mass is 372 g/mol. The average Bonchev–Trinajstić information content (AvgIpc) is 2.93. The predicted octanol–water partition coefficient (Wildman–Crippen LogP) is 4.08. The van der Waals surface area contributed by atoms with Gasteiger partial charge in [0, 0.05) is 11.6 Å². The molecule has 2 aromatic rings. The van der Waals surface area contributed by atoms with E-state index >= 15 is 0 Å². The van der Waals surface area contributed by atoms with Crippen LogP contribution in [-0.2, 0) is 15.6 Å². The lowest BCUT2D eigenvalue weighted by atomic mass is 9.81. The molecule has 26 heavy (non-hydrogen) atoms. The van der Waals surface area contributed by atoms with Gasteiger partial charge in [0.15, 0.2) is 0 Å². The number of carbonyl (C=O) groups excluding carboxylic acids is 1. The van der Waals surface area contributed by atoms with Crippen molar-refractivity contribution in [3.05, 3.63) is 35.5 Å². The van der Waals surface area contributed by atoms with Crippen LogP contribution in [-0.4, -0.2) is 36.6 Å². The topological polar surface area (TPSA) is 68.5 Å². The largest absolute Gasteiger partial charge is 0.475 e. The molecule has 1 aliphatic rings. The Morgan fingerprint density at radius 3 is 2.58 bits per heavy atom. The van der Waals surface area contributed by atoms with Crippen LogP contribution in [0.2, 0.25) is 13.1 Å². The summed E-state index contributed by atoms with van der Waals surface area (Å²) in [5, 5.41) is 9.93. The van der Waals surface area contributed by atoms with E-state index in [9.17, 15) is 14.7 Å². The molecule has 5 nitrogen and oxygen atoms in total. The standard InChI is InChI=1S/C20H26NO4Si/c1-20(2,3)18(25-26(4)5)15-10-9-12-7-6-8-13-14(17(22)19(23)24)11-21(15)16(12)13/h6-8,11,15,18H,9-10H2,1-5H3,(H,23,24). The van der Waals surface area contributed by atoms with Crippen molar-refractivity contribution in [1.29, 1.82) is 0 Å². The highest BCUT2D eigenvalue weighted by atomic mass is 28.3. The number of carboxylic acid groups (broad SMARTS) is 1. The summed E-state index contributed by atoms with van der Waals surface area (Å²) in [6, 6.07) is 5.89. The van der Waals surface area contributed by atoms with Gasteiger partial charge in [-0.25, -0.2) is 4.79 Å². The summed E-state index contributed by atoms with van der Waals surface area (Å²) in [6.45, 7) is 10.8. The number of carboxylic acids is 1. The van der Waals surface area contributed by atoms with Gasteiger partial charge >= 0.3 is 5.97 Å². The summed E-state index contributed by atoms with van der Waals surface area (Å²) >= 11 is 0. The van der Waals surface area contributed by atoms with Crippen LogP contribution < -0.4 is 0 Å². The Morgan fingerprint density at radius 1 is 1.31 bits per heavy atom. The molecule has 0 saturated carbocycles. The first-order chi connectivity index (χ1) is 12.1. The number of aliphatic carboxylic acids is 1. The van der Waals surface area contributed by atoms with E-state index in [-0.39, 0.29) is 23.1 Å².